The number of hydrogen-bond donors (Lipinski definition) is 2. The van der Waals surface area contributed by atoms with Crippen LogP contribution in [0.2, 0.25) is 0 Å². The number of rotatable bonds is 12. The highest BCUT2D eigenvalue weighted by Crippen LogP contribution is 2.57. The number of hydrogen-bond acceptors (Lipinski definition) is 4. The Bertz CT molecular complexity index is 458. The molecule has 0 spiro atoms. The third kappa shape index (κ3) is 7.40. The van der Waals surface area contributed by atoms with Crippen molar-refractivity contribution in [3.63, 3.8) is 0 Å². The summed E-state index contributed by atoms with van der Waals surface area (Å²) in [6.07, 6.45) is 16.9. The molecule has 142 valence electrons. The highest BCUT2D eigenvalue weighted by atomic mass is 32.2. The highest BCUT2D eigenvalue weighted by Gasteiger charge is 2.45. The SMILES string of the molecule is CCCCC[C@H](O)/C=C/C1S[C@H]2C[C@H](S2)[C@@H]1C/C=C\CCCC(=O)O. The van der Waals surface area contributed by atoms with E-state index in [1.807, 2.05) is 6.08 Å². The van der Waals surface area contributed by atoms with Gasteiger partial charge >= 0.3 is 5.97 Å². The predicted molar refractivity (Wildman–Crippen MR) is 109 cm³/mol. The number of thioether (sulfide) groups is 2. The summed E-state index contributed by atoms with van der Waals surface area (Å²) >= 11 is 4.16. The van der Waals surface area contributed by atoms with Crippen molar-refractivity contribution in [1.82, 2.24) is 0 Å². The normalized spacial score (nSPS) is 29.8. The van der Waals surface area contributed by atoms with E-state index in [-0.39, 0.29) is 12.5 Å². The lowest BCUT2D eigenvalue weighted by molar-refractivity contribution is -0.137. The molecule has 5 atom stereocenters. The summed E-state index contributed by atoms with van der Waals surface area (Å²) in [5, 5.41) is 20.0. The predicted octanol–water partition coefficient (Wildman–Crippen LogP) is 5.25. The zero-order chi connectivity index (χ0) is 18.1. The van der Waals surface area contributed by atoms with Crippen molar-refractivity contribution < 1.29 is 15.0 Å². The number of aliphatic hydroxyl groups is 1. The molecule has 3 fully saturated rings. The molecule has 0 saturated carbocycles. The van der Waals surface area contributed by atoms with Crippen LogP contribution in [0.4, 0.5) is 0 Å². The number of carbonyl (C=O) groups is 1. The van der Waals surface area contributed by atoms with Gasteiger partial charge in [-0.15, -0.1) is 23.5 Å². The number of fused-ring (bicyclic) bond motifs is 2. The van der Waals surface area contributed by atoms with E-state index in [2.05, 4.69) is 48.7 Å². The van der Waals surface area contributed by atoms with Crippen molar-refractivity contribution in [3.05, 3.63) is 24.3 Å². The van der Waals surface area contributed by atoms with E-state index >= 15 is 0 Å². The van der Waals surface area contributed by atoms with Gasteiger partial charge < -0.3 is 10.2 Å². The van der Waals surface area contributed by atoms with Gasteiger partial charge in [0.15, 0.2) is 0 Å². The second-order valence-corrected chi connectivity index (χ2v) is 10.2. The van der Waals surface area contributed by atoms with E-state index in [1.54, 1.807) is 0 Å². The number of carboxylic acids is 1. The second-order valence-electron chi connectivity index (χ2n) is 7.05. The van der Waals surface area contributed by atoms with Gasteiger partial charge in [-0.25, -0.2) is 0 Å². The van der Waals surface area contributed by atoms with Crippen LogP contribution in [0.5, 0.6) is 0 Å². The molecule has 0 amide bonds. The summed E-state index contributed by atoms with van der Waals surface area (Å²) in [6.45, 7) is 2.19. The standard InChI is InChI=1S/C20H32O3S2/c1-2-3-6-9-15(21)12-13-17-16(18-14-20(24-17)25-18)10-7-4-5-8-11-19(22)23/h4,7,12-13,15-18,20-21H,2-3,5-6,8-11,14H2,1H3,(H,22,23)/b7-4-,13-12+/t15-,16+,17?,18-,20+/m0/s1. The van der Waals surface area contributed by atoms with Gasteiger partial charge in [0.1, 0.15) is 0 Å². The van der Waals surface area contributed by atoms with Crippen molar-refractivity contribution in [2.24, 2.45) is 5.92 Å². The Morgan fingerprint density at radius 2 is 2.04 bits per heavy atom. The average molecular weight is 385 g/mol. The van der Waals surface area contributed by atoms with Crippen molar-refractivity contribution in [1.29, 1.82) is 0 Å². The third-order valence-corrected chi connectivity index (χ3v) is 8.29. The molecule has 3 heterocycles. The van der Waals surface area contributed by atoms with Crippen LogP contribution in [-0.4, -0.2) is 37.4 Å². The summed E-state index contributed by atoms with van der Waals surface area (Å²) in [5.41, 5.74) is 0. The maximum atomic E-state index is 10.5. The molecule has 0 aliphatic carbocycles. The maximum absolute atomic E-state index is 10.5. The van der Waals surface area contributed by atoms with Gasteiger partial charge in [0.05, 0.1) is 10.7 Å². The molecule has 0 aromatic heterocycles. The minimum Gasteiger partial charge on any atom is -0.481 e. The van der Waals surface area contributed by atoms with Crippen LogP contribution in [0.1, 0.15) is 64.7 Å². The lowest BCUT2D eigenvalue weighted by Gasteiger charge is -2.49. The van der Waals surface area contributed by atoms with Crippen LogP contribution >= 0.6 is 23.5 Å². The maximum Gasteiger partial charge on any atom is 0.303 e. The molecule has 0 aromatic carbocycles. The number of aliphatic hydroxyl groups excluding tert-OH is 1. The molecule has 2 bridgehead atoms. The smallest absolute Gasteiger partial charge is 0.303 e. The zero-order valence-corrected chi connectivity index (χ0v) is 16.8. The van der Waals surface area contributed by atoms with E-state index < -0.39 is 5.97 Å². The molecule has 3 aliphatic heterocycles. The van der Waals surface area contributed by atoms with Gasteiger partial charge in [-0.1, -0.05) is 50.5 Å². The first-order chi connectivity index (χ1) is 12.1. The van der Waals surface area contributed by atoms with E-state index in [0.29, 0.717) is 11.2 Å². The Labute approximate surface area is 160 Å². The Balaban J connectivity index is 1.76. The van der Waals surface area contributed by atoms with Gasteiger partial charge in [-0.2, -0.15) is 0 Å². The minimum atomic E-state index is -0.711. The molecule has 3 saturated heterocycles. The molecule has 3 aliphatic rings. The van der Waals surface area contributed by atoms with Crippen LogP contribution in [0.15, 0.2) is 24.3 Å². The molecule has 3 nitrogen and oxygen atoms in total. The summed E-state index contributed by atoms with van der Waals surface area (Å²) in [5.74, 6) is -0.0773. The van der Waals surface area contributed by atoms with Crippen LogP contribution in [-0.2, 0) is 4.79 Å². The van der Waals surface area contributed by atoms with E-state index in [9.17, 15) is 9.90 Å². The first-order valence-corrected chi connectivity index (χ1v) is 11.5. The van der Waals surface area contributed by atoms with E-state index in [0.717, 1.165) is 41.9 Å². The van der Waals surface area contributed by atoms with Gasteiger partial charge in [0, 0.05) is 16.9 Å². The third-order valence-electron chi connectivity index (χ3n) is 4.92. The van der Waals surface area contributed by atoms with Gasteiger partial charge in [0.25, 0.3) is 0 Å². The molecule has 2 N–H and O–H groups in total. The van der Waals surface area contributed by atoms with Crippen molar-refractivity contribution >= 4 is 29.5 Å². The van der Waals surface area contributed by atoms with Crippen LogP contribution in [0.25, 0.3) is 0 Å². The molecule has 0 radical (unpaired) electrons. The van der Waals surface area contributed by atoms with Gasteiger partial charge in [-0.3, -0.25) is 4.79 Å². The molecular formula is C20H32O3S2. The Kier molecular flexibility index (Phi) is 9.50. The quantitative estimate of drug-likeness (QED) is 0.355. The van der Waals surface area contributed by atoms with Crippen molar-refractivity contribution in [3.8, 4) is 0 Å². The summed E-state index contributed by atoms with van der Waals surface area (Å²) < 4.78 is 0.743. The highest BCUT2D eigenvalue weighted by molar-refractivity contribution is 8.19. The van der Waals surface area contributed by atoms with Crippen LogP contribution in [0, 0.1) is 5.92 Å². The minimum absolute atomic E-state index is 0.255. The number of allylic oxidation sites excluding steroid dienone is 2. The summed E-state index contributed by atoms with van der Waals surface area (Å²) in [4.78, 5) is 10.5. The Hall–Kier alpha value is -0.390. The molecule has 3 rings (SSSR count). The lowest BCUT2D eigenvalue weighted by atomic mass is 9.92. The fraction of sp³-hybridized carbons (Fsp3) is 0.750. The first kappa shape index (κ1) is 20.9. The second kappa shape index (κ2) is 11.3. The number of unbranched alkanes of at least 4 members (excludes halogenated alkanes) is 3. The van der Waals surface area contributed by atoms with Crippen LogP contribution < -0.4 is 0 Å². The molecule has 25 heavy (non-hydrogen) atoms. The Morgan fingerprint density at radius 1 is 1.24 bits per heavy atom. The fourth-order valence-electron chi connectivity index (χ4n) is 3.38. The number of carboxylic acid groups (broad SMARTS) is 1. The number of aliphatic carboxylic acids is 1. The monoisotopic (exact) mass is 384 g/mol. The molecule has 1 unspecified atom stereocenters. The lowest BCUT2D eigenvalue weighted by Crippen LogP contribution is -2.43. The van der Waals surface area contributed by atoms with E-state index in [4.69, 9.17) is 5.11 Å². The summed E-state index contributed by atoms with van der Waals surface area (Å²) in [6, 6.07) is 0. The topological polar surface area (TPSA) is 57.5 Å². The zero-order valence-electron chi connectivity index (χ0n) is 15.2. The van der Waals surface area contributed by atoms with Gasteiger partial charge in [0.2, 0.25) is 0 Å². The van der Waals surface area contributed by atoms with E-state index in [1.165, 1.54) is 19.3 Å². The molecule has 5 heteroatoms. The fourth-order valence-corrected chi connectivity index (χ4v) is 7.16. The largest absolute Gasteiger partial charge is 0.481 e. The first-order valence-electron chi connectivity index (χ1n) is 9.64. The Morgan fingerprint density at radius 3 is 2.76 bits per heavy atom. The van der Waals surface area contributed by atoms with Crippen molar-refractivity contribution in [2.75, 3.05) is 0 Å². The molecule has 0 aromatic rings. The van der Waals surface area contributed by atoms with Crippen LogP contribution in [0.3, 0.4) is 0 Å². The van der Waals surface area contributed by atoms with Gasteiger partial charge in [-0.05, 0) is 38.0 Å². The summed E-state index contributed by atoms with van der Waals surface area (Å²) in [7, 11) is 0. The average Bonchev–Trinajstić information content (AvgIpc) is 2.55. The molecular weight excluding hydrogens is 352 g/mol. The van der Waals surface area contributed by atoms with Crippen molar-refractivity contribution in [2.45, 2.75) is 85.9 Å².